The van der Waals surface area contributed by atoms with Crippen molar-refractivity contribution in [1.82, 2.24) is 5.32 Å². The molecule has 1 amide bonds. The molecule has 1 rings (SSSR count). The van der Waals surface area contributed by atoms with Crippen molar-refractivity contribution in [2.45, 2.75) is 33.7 Å². The van der Waals surface area contributed by atoms with Gasteiger partial charge < -0.3 is 10.1 Å². The van der Waals surface area contributed by atoms with Crippen molar-refractivity contribution in [3.05, 3.63) is 45.5 Å². The van der Waals surface area contributed by atoms with E-state index < -0.39 is 28.6 Å². The van der Waals surface area contributed by atoms with Gasteiger partial charge in [-0.1, -0.05) is 26.0 Å². The maximum atomic E-state index is 12.5. The summed E-state index contributed by atoms with van der Waals surface area (Å²) in [4.78, 5) is 46.9. The van der Waals surface area contributed by atoms with Crippen LogP contribution in [0.5, 0.6) is 0 Å². The topological polar surface area (TPSA) is 116 Å². The quantitative estimate of drug-likeness (QED) is 0.189. The van der Waals surface area contributed by atoms with Gasteiger partial charge in [0.15, 0.2) is 5.78 Å². The number of amides is 1. The summed E-state index contributed by atoms with van der Waals surface area (Å²) in [7, 11) is 0. The fraction of sp³-hybridized carbons (Fsp3) is 0.389. The van der Waals surface area contributed by atoms with E-state index in [-0.39, 0.29) is 29.3 Å². The number of hydrogen-bond acceptors (Lipinski definition) is 6. The smallest absolute Gasteiger partial charge is 0.328 e. The molecule has 8 nitrogen and oxygen atoms in total. The number of nitro groups is 1. The Morgan fingerprint density at radius 2 is 1.88 bits per heavy atom. The van der Waals surface area contributed by atoms with E-state index >= 15 is 0 Å². The number of nitro benzene ring substituents is 1. The number of para-hydroxylation sites is 1. The molecular formula is C18H22N2O6. The van der Waals surface area contributed by atoms with E-state index in [0.717, 1.165) is 6.08 Å². The highest BCUT2D eigenvalue weighted by Crippen LogP contribution is 2.21. The van der Waals surface area contributed by atoms with E-state index in [1.807, 2.05) is 0 Å². The van der Waals surface area contributed by atoms with Gasteiger partial charge in [0.1, 0.15) is 6.04 Å². The molecule has 1 aromatic carbocycles. The van der Waals surface area contributed by atoms with Crippen LogP contribution in [0, 0.1) is 16.0 Å². The second-order valence-corrected chi connectivity index (χ2v) is 5.88. The standard InChI is InChI=1S/C18H22N2O6/c1-5-26-18(23)16(11(2)3)19-17(22)14(12(4)21)10-13-8-6-7-9-15(13)20(24)25/h6-11,16H,5H2,1-4H3,(H,19,22). The lowest BCUT2D eigenvalue weighted by molar-refractivity contribution is -0.385. The molecule has 0 aliphatic rings. The third-order valence-corrected chi connectivity index (χ3v) is 3.55. The van der Waals surface area contributed by atoms with Crippen LogP contribution in [0.15, 0.2) is 29.8 Å². The molecule has 0 heterocycles. The van der Waals surface area contributed by atoms with Crippen molar-refractivity contribution < 1.29 is 24.0 Å². The van der Waals surface area contributed by atoms with Gasteiger partial charge in [-0.05, 0) is 31.9 Å². The van der Waals surface area contributed by atoms with E-state index in [4.69, 9.17) is 4.74 Å². The number of carbonyl (C=O) groups is 3. The zero-order chi connectivity index (χ0) is 19.9. The highest BCUT2D eigenvalue weighted by molar-refractivity contribution is 6.22. The van der Waals surface area contributed by atoms with E-state index in [9.17, 15) is 24.5 Å². The number of esters is 1. The molecule has 0 aliphatic carbocycles. The molecule has 26 heavy (non-hydrogen) atoms. The first-order valence-corrected chi connectivity index (χ1v) is 8.12. The van der Waals surface area contributed by atoms with Crippen molar-refractivity contribution in [2.24, 2.45) is 5.92 Å². The van der Waals surface area contributed by atoms with E-state index in [2.05, 4.69) is 5.32 Å². The van der Waals surface area contributed by atoms with Crippen LogP contribution in [0.25, 0.3) is 6.08 Å². The summed E-state index contributed by atoms with van der Waals surface area (Å²) in [6.07, 6.45) is 1.15. The third kappa shape index (κ3) is 5.51. The molecule has 0 aliphatic heterocycles. The zero-order valence-corrected chi connectivity index (χ0v) is 15.1. The largest absolute Gasteiger partial charge is 0.464 e. The molecule has 0 radical (unpaired) electrons. The number of rotatable bonds is 8. The lowest BCUT2D eigenvalue weighted by Gasteiger charge is -2.20. The molecule has 1 N–H and O–H groups in total. The van der Waals surface area contributed by atoms with Gasteiger partial charge in [-0.3, -0.25) is 19.7 Å². The van der Waals surface area contributed by atoms with Crippen LogP contribution in [0.2, 0.25) is 0 Å². The molecule has 0 saturated heterocycles. The first kappa shape index (κ1) is 21.0. The molecule has 0 fully saturated rings. The van der Waals surface area contributed by atoms with E-state index in [0.29, 0.717) is 0 Å². The number of carbonyl (C=O) groups excluding carboxylic acids is 3. The van der Waals surface area contributed by atoms with Crippen LogP contribution in [-0.4, -0.2) is 35.2 Å². The summed E-state index contributed by atoms with van der Waals surface area (Å²) in [5, 5.41) is 13.6. The van der Waals surface area contributed by atoms with Gasteiger partial charge in [-0.2, -0.15) is 0 Å². The molecular weight excluding hydrogens is 340 g/mol. The van der Waals surface area contributed by atoms with Crippen molar-refractivity contribution in [1.29, 1.82) is 0 Å². The summed E-state index contributed by atoms with van der Waals surface area (Å²) in [6, 6.07) is 4.81. The molecule has 8 heteroatoms. The van der Waals surface area contributed by atoms with Crippen molar-refractivity contribution in [2.75, 3.05) is 6.61 Å². The van der Waals surface area contributed by atoms with Gasteiger partial charge in [-0.15, -0.1) is 0 Å². The van der Waals surface area contributed by atoms with Crippen LogP contribution < -0.4 is 5.32 Å². The second kappa shape index (κ2) is 9.45. The average molecular weight is 362 g/mol. The number of Topliss-reactive ketones (excluding diaryl/α,β-unsaturated/α-hetero) is 1. The number of ketones is 1. The van der Waals surface area contributed by atoms with E-state index in [1.54, 1.807) is 26.8 Å². The molecule has 0 aromatic heterocycles. The Kier molecular flexibility index (Phi) is 7.64. The Balaban J connectivity index is 3.21. The van der Waals surface area contributed by atoms with Crippen LogP contribution in [0.4, 0.5) is 5.69 Å². The zero-order valence-electron chi connectivity index (χ0n) is 15.1. The summed E-state index contributed by atoms with van der Waals surface area (Å²) >= 11 is 0. The second-order valence-electron chi connectivity index (χ2n) is 5.88. The third-order valence-electron chi connectivity index (χ3n) is 3.55. The molecule has 1 aromatic rings. The Morgan fingerprint density at radius 1 is 1.27 bits per heavy atom. The number of nitrogens with one attached hydrogen (secondary N) is 1. The van der Waals surface area contributed by atoms with Gasteiger partial charge in [-0.25, -0.2) is 4.79 Å². The Bertz CT molecular complexity index is 739. The number of hydrogen-bond donors (Lipinski definition) is 1. The SMILES string of the molecule is CCOC(=O)C(NC(=O)C(=Cc1ccccc1[N+](=O)[O-])C(C)=O)C(C)C. The minimum atomic E-state index is -0.934. The maximum absolute atomic E-state index is 12.5. The summed E-state index contributed by atoms with van der Waals surface area (Å²) in [5.41, 5.74) is -0.394. The van der Waals surface area contributed by atoms with E-state index in [1.165, 1.54) is 25.1 Å². The van der Waals surface area contributed by atoms with Gasteiger partial charge in [0.05, 0.1) is 22.7 Å². The first-order valence-electron chi connectivity index (χ1n) is 8.12. The predicted octanol–water partition coefficient (Wildman–Crippen LogP) is 2.27. The Hall–Kier alpha value is -3.03. The molecule has 0 saturated carbocycles. The summed E-state index contributed by atoms with van der Waals surface area (Å²) < 4.78 is 4.93. The minimum absolute atomic E-state index is 0.120. The number of nitrogens with zero attached hydrogens (tertiary/aromatic N) is 1. The number of ether oxygens (including phenoxy) is 1. The maximum Gasteiger partial charge on any atom is 0.328 e. The Morgan fingerprint density at radius 3 is 2.38 bits per heavy atom. The minimum Gasteiger partial charge on any atom is -0.464 e. The molecule has 1 atom stereocenters. The molecule has 0 bridgehead atoms. The van der Waals surface area contributed by atoms with Gasteiger partial charge in [0.2, 0.25) is 0 Å². The lowest BCUT2D eigenvalue weighted by Crippen LogP contribution is -2.46. The van der Waals surface area contributed by atoms with Crippen molar-refractivity contribution in [3.8, 4) is 0 Å². The van der Waals surface area contributed by atoms with Gasteiger partial charge in [0.25, 0.3) is 11.6 Å². The number of benzene rings is 1. The normalized spacial score (nSPS) is 12.4. The first-order chi connectivity index (χ1) is 12.2. The fourth-order valence-corrected chi connectivity index (χ4v) is 2.21. The van der Waals surface area contributed by atoms with Crippen molar-refractivity contribution in [3.63, 3.8) is 0 Å². The van der Waals surface area contributed by atoms with Crippen molar-refractivity contribution >= 4 is 29.4 Å². The molecule has 0 spiro atoms. The summed E-state index contributed by atoms with van der Waals surface area (Å²) in [6.45, 7) is 6.42. The fourth-order valence-electron chi connectivity index (χ4n) is 2.21. The monoisotopic (exact) mass is 362 g/mol. The summed E-state index contributed by atoms with van der Waals surface area (Å²) in [5.74, 6) is -2.24. The Labute approximate surface area is 151 Å². The average Bonchev–Trinajstić information content (AvgIpc) is 2.57. The molecule has 1 unspecified atom stereocenters. The lowest BCUT2D eigenvalue weighted by atomic mass is 10.0. The predicted molar refractivity (Wildman–Crippen MR) is 95.2 cm³/mol. The van der Waals surface area contributed by atoms with Crippen LogP contribution in [0.3, 0.4) is 0 Å². The highest BCUT2D eigenvalue weighted by Gasteiger charge is 2.28. The van der Waals surface area contributed by atoms with Crippen LogP contribution in [0.1, 0.15) is 33.3 Å². The highest BCUT2D eigenvalue weighted by atomic mass is 16.6. The van der Waals surface area contributed by atoms with Crippen LogP contribution in [-0.2, 0) is 19.1 Å². The van der Waals surface area contributed by atoms with Gasteiger partial charge in [0, 0.05) is 6.07 Å². The van der Waals surface area contributed by atoms with Crippen LogP contribution >= 0.6 is 0 Å². The molecule has 140 valence electrons. The van der Waals surface area contributed by atoms with Gasteiger partial charge >= 0.3 is 5.97 Å².